The summed E-state index contributed by atoms with van der Waals surface area (Å²) in [6.07, 6.45) is 1.66. The van der Waals surface area contributed by atoms with Gasteiger partial charge in [0.05, 0.1) is 13.0 Å². The molecular weight excluding hydrogens is 360 g/mol. The highest BCUT2D eigenvalue weighted by Crippen LogP contribution is 2.27. The van der Waals surface area contributed by atoms with Gasteiger partial charge in [-0.15, -0.1) is 0 Å². The van der Waals surface area contributed by atoms with Crippen LogP contribution >= 0.6 is 12.2 Å². The van der Waals surface area contributed by atoms with Crippen molar-refractivity contribution >= 4 is 34.9 Å². The highest BCUT2D eigenvalue weighted by molar-refractivity contribution is 7.80. The number of thiocarbonyl (C=S) groups is 1. The molecule has 0 atom stereocenters. The van der Waals surface area contributed by atoms with Crippen LogP contribution in [0.15, 0.2) is 54.6 Å². The first-order valence-corrected chi connectivity index (χ1v) is 9.43. The van der Waals surface area contributed by atoms with Crippen LogP contribution in [-0.2, 0) is 27.2 Å². The molecule has 0 spiro atoms. The third-order valence-electron chi connectivity index (χ3n) is 4.43. The number of esters is 1. The molecule has 3 rings (SSSR count). The number of nitrogens with one attached hydrogen (secondary N) is 1. The van der Waals surface area contributed by atoms with Gasteiger partial charge in [0.2, 0.25) is 5.91 Å². The molecule has 0 fully saturated rings. The monoisotopic (exact) mass is 382 g/mol. The van der Waals surface area contributed by atoms with Gasteiger partial charge in [-0.25, -0.2) is 0 Å². The van der Waals surface area contributed by atoms with Crippen LogP contribution in [0.2, 0.25) is 0 Å². The number of hydrogen-bond donors (Lipinski definition) is 1. The molecule has 0 saturated heterocycles. The zero-order valence-electron chi connectivity index (χ0n) is 15.0. The molecule has 2 aromatic rings. The Bertz CT molecular complexity index is 823. The van der Waals surface area contributed by atoms with E-state index in [-0.39, 0.29) is 24.7 Å². The number of amides is 1. The van der Waals surface area contributed by atoms with E-state index in [1.165, 1.54) is 5.56 Å². The summed E-state index contributed by atoms with van der Waals surface area (Å²) in [5.41, 5.74) is 3.36. The van der Waals surface area contributed by atoms with Gasteiger partial charge in [-0.3, -0.25) is 9.59 Å². The van der Waals surface area contributed by atoms with Crippen molar-refractivity contribution in [3.8, 4) is 0 Å². The highest BCUT2D eigenvalue weighted by atomic mass is 32.1. The number of hydrogen-bond acceptors (Lipinski definition) is 4. The maximum atomic E-state index is 12.1. The van der Waals surface area contributed by atoms with Crippen LogP contribution < -0.4 is 10.2 Å². The molecule has 1 heterocycles. The molecule has 5 nitrogen and oxygen atoms in total. The third-order valence-corrected chi connectivity index (χ3v) is 4.75. The Balaban J connectivity index is 1.37. The van der Waals surface area contributed by atoms with E-state index >= 15 is 0 Å². The van der Waals surface area contributed by atoms with Crippen LogP contribution in [0.3, 0.4) is 0 Å². The van der Waals surface area contributed by atoms with Gasteiger partial charge in [0, 0.05) is 25.1 Å². The summed E-state index contributed by atoms with van der Waals surface area (Å²) >= 11 is 5.35. The fourth-order valence-electron chi connectivity index (χ4n) is 3.01. The molecule has 0 unspecified atom stereocenters. The maximum absolute atomic E-state index is 12.1. The fraction of sp³-hybridized carbons (Fsp3) is 0.286. The van der Waals surface area contributed by atoms with Crippen LogP contribution in [0.1, 0.15) is 24.0 Å². The lowest BCUT2D eigenvalue weighted by Gasteiger charge is -2.20. The summed E-state index contributed by atoms with van der Waals surface area (Å²) in [5, 5.41) is 3.09. The van der Waals surface area contributed by atoms with Gasteiger partial charge in [-0.2, -0.15) is 0 Å². The second-order valence-electron chi connectivity index (χ2n) is 6.34. The first-order valence-electron chi connectivity index (χ1n) is 9.02. The van der Waals surface area contributed by atoms with Gasteiger partial charge in [0.1, 0.15) is 0 Å². The molecule has 1 aliphatic rings. The number of benzene rings is 2. The van der Waals surface area contributed by atoms with Gasteiger partial charge in [-0.1, -0.05) is 48.5 Å². The molecule has 0 aromatic heterocycles. The van der Waals surface area contributed by atoms with Crippen molar-refractivity contribution in [2.24, 2.45) is 0 Å². The lowest BCUT2D eigenvalue weighted by molar-refractivity contribution is -0.144. The Morgan fingerprint density at radius 1 is 1.04 bits per heavy atom. The van der Waals surface area contributed by atoms with E-state index in [4.69, 9.17) is 17.0 Å². The highest BCUT2D eigenvalue weighted by Gasteiger charge is 2.22. The molecule has 1 aliphatic heterocycles. The maximum Gasteiger partial charge on any atom is 0.306 e. The summed E-state index contributed by atoms with van der Waals surface area (Å²) in [6.45, 7) is 1.06. The fourth-order valence-corrected chi connectivity index (χ4v) is 3.32. The zero-order chi connectivity index (χ0) is 19.1. The second kappa shape index (κ2) is 9.28. The van der Waals surface area contributed by atoms with E-state index in [1.807, 2.05) is 53.4 Å². The number of fused-ring (bicyclic) bond motifs is 1. The van der Waals surface area contributed by atoms with E-state index in [2.05, 4.69) is 11.4 Å². The van der Waals surface area contributed by atoms with Crippen molar-refractivity contribution in [2.75, 3.05) is 18.1 Å². The number of para-hydroxylation sites is 1. The molecule has 6 heteroatoms. The molecule has 0 radical (unpaired) electrons. The third kappa shape index (κ3) is 5.37. The largest absolute Gasteiger partial charge is 0.465 e. The summed E-state index contributed by atoms with van der Waals surface area (Å²) in [6, 6.07) is 17.8. The SMILES string of the molecule is O=C(CCC(=O)OCCc1ccccc1)NC(=S)N1CCc2ccccc21. The number of carbonyl (C=O) groups excluding carboxylic acids is 2. The number of rotatable bonds is 6. The van der Waals surface area contributed by atoms with Gasteiger partial charge >= 0.3 is 5.97 Å². The van der Waals surface area contributed by atoms with E-state index in [1.54, 1.807) is 0 Å². The Kier molecular flexibility index (Phi) is 6.54. The molecule has 140 valence electrons. The number of anilines is 1. The number of nitrogens with zero attached hydrogens (tertiary/aromatic N) is 1. The topological polar surface area (TPSA) is 58.6 Å². The summed E-state index contributed by atoms with van der Waals surface area (Å²) in [4.78, 5) is 25.8. The second-order valence-corrected chi connectivity index (χ2v) is 6.73. The molecule has 1 amide bonds. The van der Waals surface area contributed by atoms with Crippen molar-refractivity contribution in [2.45, 2.75) is 25.7 Å². The molecule has 0 bridgehead atoms. The Morgan fingerprint density at radius 2 is 1.78 bits per heavy atom. The van der Waals surface area contributed by atoms with Crippen molar-refractivity contribution < 1.29 is 14.3 Å². The molecule has 0 saturated carbocycles. The lowest BCUT2D eigenvalue weighted by atomic mass is 10.2. The standard InChI is InChI=1S/C21H22N2O3S/c24-19(10-11-20(25)26-15-13-16-6-2-1-3-7-16)22-21(27)23-14-12-17-8-4-5-9-18(17)23/h1-9H,10-15H2,(H,22,24,27). The van der Waals surface area contributed by atoms with E-state index in [0.717, 1.165) is 24.2 Å². The van der Waals surface area contributed by atoms with Crippen molar-refractivity contribution in [1.82, 2.24) is 5.32 Å². The van der Waals surface area contributed by atoms with Crippen molar-refractivity contribution in [1.29, 1.82) is 0 Å². The van der Waals surface area contributed by atoms with Crippen molar-refractivity contribution in [3.63, 3.8) is 0 Å². The first-order chi connectivity index (χ1) is 13.1. The molecular formula is C21H22N2O3S. The minimum atomic E-state index is -0.376. The predicted molar refractivity (Wildman–Crippen MR) is 109 cm³/mol. The Hall–Kier alpha value is -2.73. The summed E-state index contributed by atoms with van der Waals surface area (Å²) < 4.78 is 5.19. The Morgan fingerprint density at radius 3 is 2.59 bits per heavy atom. The minimum Gasteiger partial charge on any atom is -0.465 e. The molecule has 0 aliphatic carbocycles. The zero-order valence-corrected chi connectivity index (χ0v) is 15.8. The van der Waals surface area contributed by atoms with E-state index in [9.17, 15) is 9.59 Å². The average Bonchev–Trinajstić information content (AvgIpc) is 3.11. The van der Waals surface area contributed by atoms with Crippen LogP contribution in [-0.4, -0.2) is 30.1 Å². The van der Waals surface area contributed by atoms with Gasteiger partial charge in [0.25, 0.3) is 0 Å². The molecule has 1 N–H and O–H groups in total. The predicted octanol–water partition coefficient (Wildman–Crippen LogP) is 3.02. The normalized spacial score (nSPS) is 12.4. The van der Waals surface area contributed by atoms with Crippen LogP contribution in [0.5, 0.6) is 0 Å². The van der Waals surface area contributed by atoms with Crippen LogP contribution in [0.4, 0.5) is 5.69 Å². The summed E-state index contributed by atoms with van der Waals surface area (Å²) in [7, 11) is 0. The Labute approximate surface area is 164 Å². The van der Waals surface area contributed by atoms with E-state index < -0.39 is 0 Å². The minimum absolute atomic E-state index is 0.0415. The van der Waals surface area contributed by atoms with Crippen LogP contribution in [0.25, 0.3) is 0 Å². The summed E-state index contributed by atoms with van der Waals surface area (Å²) in [5.74, 6) is -0.650. The quantitative estimate of drug-likeness (QED) is 0.615. The first kappa shape index (κ1) is 19.0. The van der Waals surface area contributed by atoms with Gasteiger partial charge < -0.3 is 15.0 Å². The van der Waals surface area contributed by atoms with Crippen molar-refractivity contribution in [3.05, 3.63) is 65.7 Å². The molecule has 27 heavy (non-hydrogen) atoms. The number of ether oxygens (including phenoxy) is 1. The van der Waals surface area contributed by atoms with Crippen LogP contribution in [0, 0.1) is 0 Å². The molecule has 2 aromatic carbocycles. The lowest BCUT2D eigenvalue weighted by Crippen LogP contribution is -2.42. The van der Waals surface area contributed by atoms with Gasteiger partial charge in [-0.05, 0) is 35.8 Å². The smallest absolute Gasteiger partial charge is 0.306 e. The van der Waals surface area contributed by atoms with Gasteiger partial charge in [0.15, 0.2) is 5.11 Å². The average molecular weight is 382 g/mol. The van der Waals surface area contributed by atoms with E-state index in [0.29, 0.717) is 18.1 Å². The number of carbonyl (C=O) groups is 2.